The number of fused-ring (bicyclic) bond motifs is 1. The van der Waals surface area contributed by atoms with Gasteiger partial charge in [0.25, 0.3) is 0 Å². The highest BCUT2D eigenvalue weighted by Gasteiger charge is 2.18. The average molecular weight is 339 g/mol. The zero-order chi connectivity index (χ0) is 17.8. The van der Waals surface area contributed by atoms with E-state index in [1.54, 1.807) is 12.3 Å². The van der Waals surface area contributed by atoms with Crippen molar-refractivity contribution < 1.29 is 9.90 Å². The Morgan fingerprint density at radius 1 is 1.36 bits per heavy atom. The van der Waals surface area contributed by atoms with Crippen molar-refractivity contribution in [3.05, 3.63) is 42.1 Å². The third-order valence-electron chi connectivity index (χ3n) is 4.61. The number of hydrogen-bond donors (Lipinski definition) is 1. The lowest BCUT2D eigenvalue weighted by molar-refractivity contribution is -0.130. The molecule has 0 saturated carbocycles. The van der Waals surface area contributed by atoms with Gasteiger partial charge >= 0.3 is 0 Å². The molecule has 1 aromatic heterocycles. The summed E-state index contributed by atoms with van der Waals surface area (Å²) in [6.45, 7) is 2.31. The van der Waals surface area contributed by atoms with Crippen molar-refractivity contribution >= 4 is 22.4 Å². The topological polar surface area (TPSA) is 56.7 Å². The molecule has 0 aliphatic carbocycles. The molecule has 0 saturated heterocycles. The Morgan fingerprint density at radius 3 is 2.92 bits per heavy atom. The third kappa shape index (κ3) is 4.17. The monoisotopic (exact) mass is 339 g/mol. The van der Waals surface area contributed by atoms with Crippen LogP contribution in [0.3, 0.4) is 0 Å². The second kappa shape index (κ2) is 7.66. The first-order valence-corrected chi connectivity index (χ1v) is 8.74. The van der Waals surface area contributed by atoms with E-state index in [1.807, 2.05) is 31.1 Å². The lowest BCUT2D eigenvalue weighted by atomic mass is 9.97. The lowest BCUT2D eigenvalue weighted by Crippen LogP contribution is -2.34. The van der Waals surface area contributed by atoms with Gasteiger partial charge in [0.2, 0.25) is 5.91 Å². The fraction of sp³-hybridized carbons (Fsp3) is 0.400. The number of aromatic hydroxyl groups is 1. The Morgan fingerprint density at radius 2 is 2.20 bits per heavy atom. The Kier molecular flexibility index (Phi) is 5.34. The maximum Gasteiger partial charge on any atom is 0.222 e. The normalized spacial score (nSPS) is 14.8. The van der Waals surface area contributed by atoms with Crippen LogP contribution in [0.1, 0.15) is 24.8 Å². The van der Waals surface area contributed by atoms with Gasteiger partial charge in [-0.1, -0.05) is 12.1 Å². The van der Waals surface area contributed by atoms with Crippen LogP contribution < -0.4 is 0 Å². The molecule has 5 heteroatoms. The van der Waals surface area contributed by atoms with Gasteiger partial charge in [0.05, 0.1) is 0 Å². The standard InChI is InChI=1S/C20H25N3O2/c1-22(2)10-4-6-19(25)23-11-7-15(8-12-23)17-13-16-5-3-9-21-20(16)18(24)14-17/h3,5,7,9,13-14,24H,4,6,8,10-12H2,1-2H3. The molecule has 0 bridgehead atoms. The van der Waals surface area contributed by atoms with Crippen LogP contribution >= 0.6 is 0 Å². The molecule has 25 heavy (non-hydrogen) atoms. The zero-order valence-corrected chi connectivity index (χ0v) is 14.9. The van der Waals surface area contributed by atoms with Crippen LogP contribution in [-0.4, -0.2) is 59.5 Å². The van der Waals surface area contributed by atoms with E-state index in [4.69, 9.17) is 0 Å². The number of aromatic nitrogens is 1. The number of phenolic OH excluding ortho intramolecular Hbond substituents is 1. The zero-order valence-electron chi connectivity index (χ0n) is 14.9. The van der Waals surface area contributed by atoms with E-state index in [2.05, 4.69) is 22.0 Å². The second-order valence-corrected chi connectivity index (χ2v) is 6.80. The third-order valence-corrected chi connectivity index (χ3v) is 4.61. The van der Waals surface area contributed by atoms with Crippen LogP contribution in [0.4, 0.5) is 0 Å². The van der Waals surface area contributed by atoms with E-state index in [-0.39, 0.29) is 11.7 Å². The summed E-state index contributed by atoms with van der Waals surface area (Å²) in [6.07, 6.45) is 6.09. The predicted molar refractivity (Wildman–Crippen MR) is 100 cm³/mol. The van der Waals surface area contributed by atoms with Crippen molar-refractivity contribution in [2.75, 3.05) is 33.7 Å². The molecule has 1 aliphatic heterocycles. The van der Waals surface area contributed by atoms with Crippen LogP contribution in [0.15, 0.2) is 36.5 Å². The van der Waals surface area contributed by atoms with Crippen LogP contribution in [0.2, 0.25) is 0 Å². The Balaban J connectivity index is 1.68. The van der Waals surface area contributed by atoms with Crippen molar-refractivity contribution in [1.29, 1.82) is 0 Å². The minimum absolute atomic E-state index is 0.205. The van der Waals surface area contributed by atoms with Crippen molar-refractivity contribution in [2.45, 2.75) is 19.3 Å². The molecule has 0 fully saturated rings. The Bertz CT molecular complexity index is 799. The molecule has 1 N–H and O–H groups in total. The van der Waals surface area contributed by atoms with Gasteiger partial charge in [0.15, 0.2) is 0 Å². The van der Waals surface area contributed by atoms with Gasteiger partial charge in [0, 0.05) is 31.1 Å². The Hall–Kier alpha value is -2.40. The molecule has 3 rings (SSSR count). The Labute approximate surface area is 148 Å². The molecule has 5 nitrogen and oxygen atoms in total. The molecule has 2 aromatic rings. The molecule has 1 aliphatic rings. The number of pyridine rings is 1. The first-order chi connectivity index (χ1) is 12.0. The summed E-state index contributed by atoms with van der Waals surface area (Å²) in [5, 5.41) is 11.1. The first kappa shape index (κ1) is 17.4. The molecular formula is C20H25N3O2. The van der Waals surface area contributed by atoms with Crippen molar-refractivity contribution in [2.24, 2.45) is 0 Å². The van der Waals surface area contributed by atoms with E-state index >= 15 is 0 Å². The molecule has 1 amide bonds. The van der Waals surface area contributed by atoms with E-state index in [0.717, 1.165) is 36.9 Å². The largest absolute Gasteiger partial charge is 0.506 e. The number of rotatable bonds is 5. The molecule has 0 radical (unpaired) electrons. The van der Waals surface area contributed by atoms with Crippen LogP contribution in [-0.2, 0) is 4.79 Å². The summed E-state index contributed by atoms with van der Waals surface area (Å²) >= 11 is 0. The number of nitrogens with zero attached hydrogens (tertiary/aromatic N) is 3. The molecule has 0 atom stereocenters. The first-order valence-electron chi connectivity index (χ1n) is 8.74. The van der Waals surface area contributed by atoms with Crippen LogP contribution in [0, 0.1) is 0 Å². The van der Waals surface area contributed by atoms with Gasteiger partial charge in [-0.25, -0.2) is 0 Å². The lowest BCUT2D eigenvalue weighted by Gasteiger charge is -2.27. The highest BCUT2D eigenvalue weighted by molar-refractivity contribution is 5.88. The smallest absolute Gasteiger partial charge is 0.222 e. The molecular weight excluding hydrogens is 314 g/mol. The van der Waals surface area contributed by atoms with Crippen molar-refractivity contribution in [3.63, 3.8) is 0 Å². The van der Waals surface area contributed by atoms with Crippen LogP contribution in [0.25, 0.3) is 16.5 Å². The number of amides is 1. The number of carbonyl (C=O) groups excluding carboxylic acids is 1. The minimum Gasteiger partial charge on any atom is -0.506 e. The highest BCUT2D eigenvalue weighted by Crippen LogP contribution is 2.30. The van der Waals surface area contributed by atoms with E-state index in [1.165, 1.54) is 5.57 Å². The predicted octanol–water partition coefficient (Wildman–Crippen LogP) is 2.90. The van der Waals surface area contributed by atoms with Crippen molar-refractivity contribution in [3.8, 4) is 5.75 Å². The fourth-order valence-corrected chi connectivity index (χ4v) is 3.22. The highest BCUT2D eigenvalue weighted by atomic mass is 16.3. The summed E-state index contributed by atoms with van der Waals surface area (Å²) < 4.78 is 0. The fourth-order valence-electron chi connectivity index (χ4n) is 3.22. The molecule has 132 valence electrons. The summed E-state index contributed by atoms with van der Waals surface area (Å²) in [4.78, 5) is 20.5. The molecule has 1 aromatic carbocycles. The SMILES string of the molecule is CN(C)CCCC(=O)N1CC=C(c2cc(O)c3ncccc3c2)CC1. The quantitative estimate of drug-likeness (QED) is 0.910. The second-order valence-electron chi connectivity index (χ2n) is 6.80. The number of benzene rings is 1. The van der Waals surface area contributed by atoms with Gasteiger partial charge < -0.3 is 14.9 Å². The van der Waals surface area contributed by atoms with Gasteiger partial charge in [-0.3, -0.25) is 9.78 Å². The summed E-state index contributed by atoms with van der Waals surface area (Å²) in [5.41, 5.74) is 2.82. The summed E-state index contributed by atoms with van der Waals surface area (Å²) in [5.74, 6) is 0.430. The van der Waals surface area contributed by atoms with E-state index < -0.39 is 0 Å². The molecule has 0 spiro atoms. The summed E-state index contributed by atoms with van der Waals surface area (Å²) in [6, 6.07) is 7.66. The summed E-state index contributed by atoms with van der Waals surface area (Å²) in [7, 11) is 4.05. The molecule has 2 heterocycles. The number of phenols is 1. The van der Waals surface area contributed by atoms with Gasteiger partial charge in [-0.15, -0.1) is 0 Å². The maximum absolute atomic E-state index is 12.3. The van der Waals surface area contributed by atoms with Crippen molar-refractivity contribution in [1.82, 2.24) is 14.8 Å². The maximum atomic E-state index is 12.3. The van der Waals surface area contributed by atoms with Gasteiger partial charge in [0.1, 0.15) is 11.3 Å². The number of carbonyl (C=O) groups is 1. The van der Waals surface area contributed by atoms with Gasteiger partial charge in [-0.2, -0.15) is 0 Å². The average Bonchev–Trinajstić information content (AvgIpc) is 2.61. The molecule has 0 unspecified atom stereocenters. The van der Waals surface area contributed by atoms with Gasteiger partial charge in [-0.05, 0) is 62.8 Å². The number of hydrogen-bond acceptors (Lipinski definition) is 4. The van der Waals surface area contributed by atoms with Crippen LogP contribution in [0.5, 0.6) is 5.75 Å². The van der Waals surface area contributed by atoms with E-state index in [9.17, 15) is 9.90 Å². The minimum atomic E-state index is 0.205. The van der Waals surface area contributed by atoms with E-state index in [0.29, 0.717) is 18.5 Å².